The van der Waals surface area contributed by atoms with E-state index in [1.54, 1.807) is 12.3 Å². The van der Waals surface area contributed by atoms with Crippen molar-refractivity contribution in [2.24, 2.45) is 5.92 Å². The Kier molecular flexibility index (Phi) is 5.86. The molecule has 2 aromatic rings. The van der Waals surface area contributed by atoms with Gasteiger partial charge in [0.05, 0.1) is 17.2 Å². The van der Waals surface area contributed by atoms with Crippen molar-refractivity contribution in [3.8, 4) is 0 Å². The number of amides is 2. The summed E-state index contributed by atoms with van der Waals surface area (Å²) < 4.78 is 38.4. The number of nitrogens with zero attached hydrogens (tertiary/aromatic N) is 3. The Bertz CT molecular complexity index is 930. The van der Waals surface area contributed by atoms with E-state index >= 15 is 0 Å². The lowest BCUT2D eigenvalue weighted by Gasteiger charge is -2.32. The molecule has 0 aliphatic carbocycles. The number of piperidine rings is 1. The van der Waals surface area contributed by atoms with Gasteiger partial charge in [-0.3, -0.25) is 9.59 Å². The van der Waals surface area contributed by atoms with Crippen LogP contribution in [0.5, 0.6) is 0 Å². The van der Waals surface area contributed by atoms with Crippen LogP contribution in [0.25, 0.3) is 0 Å². The number of anilines is 1. The van der Waals surface area contributed by atoms with Crippen LogP contribution in [-0.4, -0.2) is 39.8 Å². The van der Waals surface area contributed by atoms with Crippen molar-refractivity contribution in [3.63, 3.8) is 0 Å². The van der Waals surface area contributed by atoms with E-state index < -0.39 is 23.7 Å². The third kappa shape index (κ3) is 4.72. The maximum atomic E-state index is 12.8. The molecule has 6 nitrogen and oxygen atoms in total. The minimum atomic E-state index is -4.57. The molecule has 0 aromatic carbocycles. The SMILES string of the molecule is Cc1cccnc1NC(=O)C1CCCN(C(=O)c2ccc(C(F)(F)F)nc2C)C1. The number of aromatic nitrogens is 2. The van der Waals surface area contributed by atoms with E-state index in [1.165, 1.54) is 11.8 Å². The molecule has 1 fully saturated rings. The highest BCUT2D eigenvalue weighted by Crippen LogP contribution is 2.29. The highest BCUT2D eigenvalue weighted by molar-refractivity contribution is 5.97. The van der Waals surface area contributed by atoms with E-state index in [0.717, 1.165) is 17.7 Å². The Labute approximate surface area is 166 Å². The van der Waals surface area contributed by atoms with Crippen molar-refractivity contribution in [1.82, 2.24) is 14.9 Å². The lowest BCUT2D eigenvalue weighted by Crippen LogP contribution is -2.44. The maximum Gasteiger partial charge on any atom is 0.433 e. The van der Waals surface area contributed by atoms with Gasteiger partial charge in [0.2, 0.25) is 5.91 Å². The summed E-state index contributed by atoms with van der Waals surface area (Å²) in [6.07, 6.45) is -1.74. The van der Waals surface area contributed by atoms with E-state index in [2.05, 4.69) is 15.3 Å². The molecule has 3 rings (SSSR count). The quantitative estimate of drug-likeness (QED) is 0.845. The second kappa shape index (κ2) is 8.18. The highest BCUT2D eigenvalue weighted by Gasteiger charge is 2.34. The molecule has 29 heavy (non-hydrogen) atoms. The summed E-state index contributed by atoms with van der Waals surface area (Å²) in [5.41, 5.74) is -0.0793. The number of likely N-dealkylation sites (tertiary alicyclic amines) is 1. The van der Waals surface area contributed by atoms with Crippen molar-refractivity contribution in [2.75, 3.05) is 18.4 Å². The van der Waals surface area contributed by atoms with Crippen molar-refractivity contribution in [3.05, 3.63) is 53.0 Å². The van der Waals surface area contributed by atoms with Gasteiger partial charge < -0.3 is 10.2 Å². The van der Waals surface area contributed by atoms with Crippen molar-refractivity contribution in [2.45, 2.75) is 32.9 Å². The molecule has 154 valence electrons. The molecule has 1 unspecified atom stereocenters. The molecular formula is C20H21F3N4O2. The minimum Gasteiger partial charge on any atom is -0.338 e. The van der Waals surface area contributed by atoms with Crippen LogP contribution in [0.3, 0.4) is 0 Å². The fourth-order valence-electron chi connectivity index (χ4n) is 3.33. The topological polar surface area (TPSA) is 75.2 Å². The summed E-state index contributed by atoms with van der Waals surface area (Å²) in [6, 6.07) is 5.55. The largest absolute Gasteiger partial charge is 0.433 e. The molecule has 1 aliphatic heterocycles. The first-order valence-corrected chi connectivity index (χ1v) is 9.23. The summed E-state index contributed by atoms with van der Waals surface area (Å²) in [5.74, 6) is -0.595. The number of nitrogens with one attached hydrogen (secondary N) is 1. The number of carbonyl (C=O) groups excluding carboxylic acids is 2. The molecule has 0 radical (unpaired) electrons. The third-order valence-electron chi connectivity index (χ3n) is 4.94. The maximum absolute atomic E-state index is 12.8. The third-order valence-corrected chi connectivity index (χ3v) is 4.94. The van der Waals surface area contributed by atoms with Crippen LogP contribution < -0.4 is 5.32 Å². The second-order valence-corrected chi connectivity index (χ2v) is 7.08. The lowest BCUT2D eigenvalue weighted by atomic mass is 9.96. The molecule has 0 saturated carbocycles. The summed E-state index contributed by atoms with van der Waals surface area (Å²) in [5, 5.41) is 2.79. The van der Waals surface area contributed by atoms with Crippen molar-refractivity contribution in [1.29, 1.82) is 0 Å². The minimum absolute atomic E-state index is 0.0144. The van der Waals surface area contributed by atoms with Crippen LogP contribution in [0.2, 0.25) is 0 Å². The normalized spacial score (nSPS) is 17.1. The first-order chi connectivity index (χ1) is 13.7. The molecule has 2 aromatic heterocycles. The number of halogens is 3. The number of aryl methyl sites for hydroxylation is 2. The highest BCUT2D eigenvalue weighted by atomic mass is 19.4. The molecule has 9 heteroatoms. The summed E-state index contributed by atoms with van der Waals surface area (Å²) in [7, 11) is 0. The number of carbonyl (C=O) groups is 2. The molecule has 1 N–H and O–H groups in total. The first kappa shape index (κ1) is 20.8. The first-order valence-electron chi connectivity index (χ1n) is 9.23. The summed E-state index contributed by atoms with van der Waals surface area (Å²) in [6.45, 7) is 3.84. The predicted octanol–water partition coefficient (Wildman–Crippen LogP) is 3.60. The molecule has 0 bridgehead atoms. The van der Waals surface area contributed by atoms with E-state index in [-0.39, 0.29) is 23.7 Å². The number of hydrogen-bond donors (Lipinski definition) is 1. The van der Waals surface area contributed by atoms with Gasteiger partial charge in [-0.15, -0.1) is 0 Å². The lowest BCUT2D eigenvalue weighted by molar-refractivity contribution is -0.141. The average Bonchev–Trinajstić information content (AvgIpc) is 2.68. The number of pyridine rings is 2. The summed E-state index contributed by atoms with van der Waals surface area (Å²) >= 11 is 0. The molecule has 1 saturated heterocycles. The van der Waals surface area contributed by atoms with Crippen LogP contribution in [0, 0.1) is 19.8 Å². The smallest absolute Gasteiger partial charge is 0.338 e. The van der Waals surface area contributed by atoms with Gasteiger partial charge in [0.25, 0.3) is 5.91 Å². The second-order valence-electron chi connectivity index (χ2n) is 7.08. The Morgan fingerprint density at radius 1 is 1.21 bits per heavy atom. The van der Waals surface area contributed by atoms with Gasteiger partial charge in [-0.25, -0.2) is 9.97 Å². The van der Waals surface area contributed by atoms with Crippen LogP contribution in [0.1, 0.15) is 40.2 Å². The van der Waals surface area contributed by atoms with Gasteiger partial charge in [0.15, 0.2) is 0 Å². The van der Waals surface area contributed by atoms with Crippen LogP contribution >= 0.6 is 0 Å². The van der Waals surface area contributed by atoms with Gasteiger partial charge >= 0.3 is 6.18 Å². The average molecular weight is 406 g/mol. The van der Waals surface area contributed by atoms with Gasteiger partial charge in [-0.1, -0.05) is 6.07 Å². The van der Waals surface area contributed by atoms with E-state index in [4.69, 9.17) is 0 Å². The Balaban J connectivity index is 1.71. The van der Waals surface area contributed by atoms with Gasteiger partial charge in [0, 0.05) is 19.3 Å². The zero-order valence-corrected chi connectivity index (χ0v) is 16.1. The van der Waals surface area contributed by atoms with Gasteiger partial charge in [-0.05, 0) is 50.5 Å². The van der Waals surface area contributed by atoms with Crippen LogP contribution in [0.15, 0.2) is 30.5 Å². The zero-order chi connectivity index (χ0) is 21.2. The Morgan fingerprint density at radius 2 is 1.97 bits per heavy atom. The molecule has 3 heterocycles. The fourth-order valence-corrected chi connectivity index (χ4v) is 3.33. The molecule has 0 spiro atoms. The van der Waals surface area contributed by atoms with E-state index in [1.807, 2.05) is 13.0 Å². The Morgan fingerprint density at radius 3 is 2.62 bits per heavy atom. The molecular weight excluding hydrogens is 385 g/mol. The Hall–Kier alpha value is -2.97. The number of alkyl halides is 3. The predicted molar refractivity (Wildman–Crippen MR) is 100 cm³/mol. The standard InChI is InChI=1S/C20H21F3N4O2/c1-12-5-3-9-24-17(12)26-18(28)14-6-4-10-27(11-14)19(29)15-7-8-16(20(21,22)23)25-13(15)2/h3,5,7-9,14H,4,6,10-11H2,1-2H3,(H,24,26,28). The van der Waals surface area contributed by atoms with Crippen molar-refractivity contribution < 1.29 is 22.8 Å². The summed E-state index contributed by atoms with van der Waals surface area (Å²) in [4.78, 5) is 34.6. The van der Waals surface area contributed by atoms with Gasteiger partial charge in [0.1, 0.15) is 11.5 Å². The van der Waals surface area contributed by atoms with Gasteiger partial charge in [-0.2, -0.15) is 13.2 Å². The number of rotatable bonds is 3. The molecule has 2 amide bonds. The van der Waals surface area contributed by atoms with E-state index in [9.17, 15) is 22.8 Å². The van der Waals surface area contributed by atoms with Crippen LogP contribution in [0.4, 0.5) is 19.0 Å². The van der Waals surface area contributed by atoms with E-state index in [0.29, 0.717) is 25.2 Å². The number of hydrogen-bond acceptors (Lipinski definition) is 4. The molecule has 1 atom stereocenters. The van der Waals surface area contributed by atoms with Crippen molar-refractivity contribution >= 4 is 17.6 Å². The zero-order valence-electron chi connectivity index (χ0n) is 16.1. The molecule has 1 aliphatic rings. The monoisotopic (exact) mass is 406 g/mol. The fraction of sp³-hybridized carbons (Fsp3) is 0.400. The van der Waals surface area contributed by atoms with Crippen LogP contribution in [-0.2, 0) is 11.0 Å².